The summed E-state index contributed by atoms with van der Waals surface area (Å²) in [6.45, 7) is 4.15. The lowest BCUT2D eigenvalue weighted by molar-refractivity contribution is -0.136. The molecule has 0 unspecified atom stereocenters. The Balaban J connectivity index is 1.77. The monoisotopic (exact) mass is 362 g/mol. The Kier molecular flexibility index (Phi) is 4.07. The van der Waals surface area contributed by atoms with Crippen molar-refractivity contribution in [3.63, 3.8) is 0 Å². The van der Waals surface area contributed by atoms with Crippen LogP contribution in [0.4, 0.5) is 19.0 Å². The van der Waals surface area contributed by atoms with Gasteiger partial charge in [-0.05, 0) is 25.1 Å². The van der Waals surface area contributed by atoms with E-state index in [1.54, 1.807) is 12.3 Å². The second kappa shape index (κ2) is 6.28. The minimum Gasteiger partial charge on any atom is -0.378 e. The predicted octanol–water partition coefficient (Wildman–Crippen LogP) is 3.79. The fourth-order valence-electron chi connectivity index (χ4n) is 3.26. The van der Waals surface area contributed by atoms with Crippen LogP contribution in [-0.2, 0) is 10.9 Å². The molecule has 4 heterocycles. The Morgan fingerprint density at radius 2 is 1.96 bits per heavy atom. The van der Waals surface area contributed by atoms with Gasteiger partial charge in [-0.3, -0.25) is 0 Å². The lowest BCUT2D eigenvalue weighted by atomic mass is 10.1. The van der Waals surface area contributed by atoms with Gasteiger partial charge >= 0.3 is 6.18 Å². The molecule has 0 saturated carbocycles. The van der Waals surface area contributed by atoms with Gasteiger partial charge in [0.25, 0.3) is 0 Å². The van der Waals surface area contributed by atoms with Crippen LogP contribution in [0.2, 0.25) is 0 Å². The van der Waals surface area contributed by atoms with Gasteiger partial charge < -0.3 is 14.6 Å². The minimum atomic E-state index is -4.44. The van der Waals surface area contributed by atoms with Crippen LogP contribution in [0.3, 0.4) is 0 Å². The number of rotatable bonds is 2. The number of H-pyrrole nitrogens is 1. The topological polar surface area (TPSA) is 54.0 Å². The number of anilines is 1. The van der Waals surface area contributed by atoms with E-state index < -0.39 is 11.7 Å². The second-order valence-corrected chi connectivity index (χ2v) is 6.22. The van der Waals surface area contributed by atoms with Crippen molar-refractivity contribution in [3.8, 4) is 11.3 Å². The minimum absolute atomic E-state index is 0.0612. The summed E-state index contributed by atoms with van der Waals surface area (Å²) in [6.07, 6.45) is -2.89. The van der Waals surface area contributed by atoms with Crippen molar-refractivity contribution in [1.82, 2.24) is 15.0 Å². The molecule has 1 fully saturated rings. The van der Waals surface area contributed by atoms with Gasteiger partial charge in [-0.1, -0.05) is 6.07 Å². The molecule has 8 heteroatoms. The first kappa shape index (κ1) is 16.8. The fraction of sp³-hybridized carbons (Fsp3) is 0.333. The van der Waals surface area contributed by atoms with Gasteiger partial charge in [0.2, 0.25) is 0 Å². The van der Waals surface area contributed by atoms with Crippen LogP contribution in [-0.4, -0.2) is 41.3 Å². The number of hydrogen-bond donors (Lipinski definition) is 1. The number of hydrogen-bond acceptors (Lipinski definition) is 4. The summed E-state index contributed by atoms with van der Waals surface area (Å²) in [5.41, 5.74) is 0.758. The van der Waals surface area contributed by atoms with Gasteiger partial charge in [0.1, 0.15) is 11.5 Å². The highest BCUT2D eigenvalue weighted by Crippen LogP contribution is 2.38. The largest absolute Gasteiger partial charge is 0.418 e. The summed E-state index contributed by atoms with van der Waals surface area (Å²) in [6, 6.07) is 7.02. The average Bonchev–Trinajstić information content (AvgIpc) is 2.97. The predicted molar refractivity (Wildman–Crippen MR) is 92.1 cm³/mol. The van der Waals surface area contributed by atoms with E-state index in [4.69, 9.17) is 4.74 Å². The van der Waals surface area contributed by atoms with E-state index in [1.165, 1.54) is 13.0 Å². The van der Waals surface area contributed by atoms with Crippen molar-refractivity contribution >= 4 is 16.9 Å². The summed E-state index contributed by atoms with van der Waals surface area (Å²) in [4.78, 5) is 13.6. The maximum atomic E-state index is 13.4. The zero-order chi connectivity index (χ0) is 18.3. The van der Waals surface area contributed by atoms with Crippen LogP contribution in [0.5, 0.6) is 0 Å². The highest BCUT2D eigenvalue weighted by molar-refractivity contribution is 5.86. The first-order valence-electron chi connectivity index (χ1n) is 8.29. The van der Waals surface area contributed by atoms with Gasteiger partial charge in [0.15, 0.2) is 0 Å². The van der Waals surface area contributed by atoms with Crippen molar-refractivity contribution in [2.75, 3.05) is 31.2 Å². The smallest absolute Gasteiger partial charge is 0.378 e. The van der Waals surface area contributed by atoms with E-state index in [0.717, 1.165) is 18.9 Å². The maximum Gasteiger partial charge on any atom is 0.418 e. The van der Waals surface area contributed by atoms with Crippen LogP contribution in [0, 0.1) is 6.92 Å². The highest BCUT2D eigenvalue weighted by atomic mass is 19.4. The van der Waals surface area contributed by atoms with E-state index in [-0.39, 0.29) is 16.7 Å². The molecule has 4 rings (SSSR count). The Morgan fingerprint density at radius 3 is 2.69 bits per heavy atom. The SMILES string of the molecule is Cc1[nH]c2ncc(-c3cccc(N4CCOCC4)n3)cc2c1C(F)(F)F. The molecule has 0 radical (unpaired) electrons. The van der Waals surface area contributed by atoms with E-state index in [2.05, 4.69) is 19.9 Å². The standard InChI is InChI=1S/C18H17F3N4O/c1-11-16(18(19,20)21)13-9-12(10-22-17(13)23-11)14-3-2-4-15(24-14)25-5-7-26-8-6-25/h2-4,9-10H,5-8H2,1H3,(H,22,23). The molecule has 5 nitrogen and oxygen atoms in total. The summed E-state index contributed by atoms with van der Waals surface area (Å²) in [5.74, 6) is 0.784. The van der Waals surface area contributed by atoms with Crippen molar-refractivity contribution in [2.45, 2.75) is 13.1 Å². The number of aromatic nitrogens is 3. The third-order valence-corrected chi connectivity index (χ3v) is 4.49. The number of alkyl halides is 3. The van der Waals surface area contributed by atoms with Crippen molar-refractivity contribution in [2.24, 2.45) is 0 Å². The van der Waals surface area contributed by atoms with Gasteiger partial charge in [-0.25, -0.2) is 9.97 Å². The van der Waals surface area contributed by atoms with E-state index in [0.29, 0.717) is 24.5 Å². The number of aryl methyl sites for hydroxylation is 1. The number of nitrogens with zero attached hydrogens (tertiary/aromatic N) is 3. The molecule has 136 valence electrons. The molecule has 0 aromatic carbocycles. The van der Waals surface area contributed by atoms with Gasteiger partial charge in [0.05, 0.1) is 24.5 Å². The van der Waals surface area contributed by atoms with Crippen LogP contribution < -0.4 is 4.90 Å². The van der Waals surface area contributed by atoms with Crippen molar-refractivity contribution in [1.29, 1.82) is 0 Å². The third kappa shape index (κ3) is 3.01. The number of fused-ring (bicyclic) bond motifs is 1. The molecule has 26 heavy (non-hydrogen) atoms. The zero-order valence-corrected chi connectivity index (χ0v) is 14.1. The van der Waals surface area contributed by atoms with E-state index in [9.17, 15) is 13.2 Å². The van der Waals surface area contributed by atoms with Crippen molar-refractivity contribution in [3.05, 3.63) is 41.7 Å². The Morgan fingerprint density at radius 1 is 1.19 bits per heavy atom. The molecular formula is C18H17F3N4O. The number of nitrogens with one attached hydrogen (secondary N) is 1. The van der Waals surface area contributed by atoms with Crippen LogP contribution >= 0.6 is 0 Å². The number of halogens is 3. The third-order valence-electron chi connectivity index (χ3n) is 4.49. The number of pyridine rings is 2. The molecule has 0 spiro atoms. The van der Waals surface area contributed by atoms with Crippen LogP contribution in [0.1, 0.15) is 11.3 Å². The molecular weight excluding hydrogens is 345 g/mol. The molecule has 3 aromatic rings. The van der Waals surface area contributed by atoms with Gasteiger partial charge in [-0.2, -0.15) is 13.2 Å². The maximum absolute atomic E-state index is 13.4. The molecule has 1 saturated heterocycles. The molecule has 0 atom stereocenters. The van der Waals surface area contributed by atoms with Crippen LogP contribution in [0.25, 0.3) is 22.3 Å². The first-order valence-corrected chi connectivity index (χ1v) is 8.29. The molecule has 3 aromatic heterocycles. The molecule has 0 aliphatic carbocycles. The number of ether oxygens (including phenoxy) is 1. The summed E-state index contributed by atoms with van der Waals surface area (Å²) in [5, 5.41) is 0.0612. The highest BCUT2D eigenvalue weighted by Gasteiger charge is 2.36. The van der Waals surface area contributed by atoms with Gasteiger partial charge in [0, 0.05) is 35.9 Å². The van der Waals surface area contributed by atoms with Gasteiger partial charge in [-0.15, -0.1) is 0 Å². The Hall–Kier alpha value is -2.61. The molecule has 0 amide bonds. The lowest BCUT2D eigenvalue weighted by Crippen LogP contribution is -2.36. The summed E-state index contributed by atoms with van der Waals surface area (Å²) < 4.78 is 45.5. The molecule has 1 N–H and O–H groups in total. The zero-order valence-electron chi connectivity index (χ0n) is 14.1. The Bertz CT molecular complexity index is 945. The molecule has 0 bridgehead atoms. The van der Waals surface area contributed by atoms with E-state index >= 15 is 0 Å². The summed E-state index contributed by atoms with van der Waals surface area (Å²) >= 11 is 0. The number of morpholine rings is 1. The molecule has 1 aliphatic rings. The van der Waals surface area contributed by atoms with E-state index in [1.807, 2.05) is 12.1 Å². The number of aromatic amines is 1. The van der Waals surface area contributed by atoms with Crippen molar-refractivity contribution < 1.29 is 17.9 Å². The average molecular weight is 362 g/mol. The normalized spacial score (nSPS) is 15.6. The quantitative estimate of drug-likeness (QED) is 0.754. The second-order valence-electron chi connectivity index (χ2n) is 6.22. The summed E-state index contributed by atoms with van der Waals surface area (Å²) in [7, 11) is 0. The van der Waals surface area contributed by atoms with Crippen LogP contribution in [0.15, 0.2) is 30.5 Å². The fourth-order valence-corrected chi connectivity index (χ4v) is 3.26. The first-order chi connectivity index (χ1) is 12.4. The lowest BCUT2D eigenvalue weighted by Gasteiger charge is -2.28. The molecule has 1 aliphatic heterocycles. The Labute approximate surface area is 147 Å².